The molecule has 0 aliphatic carbocycles. The lowest BCUT2D eigenvalue weighted by Crippen LogP contribution is -3.10. The molecule has 4 nitrogen and oxygen atoms in total. The Hall–Kier alpha value is -2.04. The van der Waals surface area contributed by atoms with Gasteiger partial charge in [-0.15, -0.1) is 0 Å². The molecule has 1 aliphatic rings. The summed E-state index contributed by atoms with van der Waals surface area (Å²) >= 11 is 0. The average molecular weight is 347 g/mol. The van der Waals surface area contributed by atoms with E-state index in [4.69, 9.17) is 4.74 Å². The predicted octanol–water partition coefficient (Wildman–Crippen LogP) is -1.32. The van der Waals surface area contributed by atoms with Gasteiger partial charge < -0.3 is 22.0 Å². The molecule has 24 heavy (non-hydrogen) atoms. The van der Waals surface area contributed by atoms with Crippen molar-refractivity contribution in [2.24, 2.45) is 0 Å². The van der Waals surface area contributed by atoms with Gasteiger partial charge in [-0.2, -0.15) is 0 Å². The van der Waals surface area contributed by atoms with Crippen molar-refractivity contribution in [2.75, 3.05) is 33.3 Å². The van der Waals surface area contributed by atoms with Crippen LogP contribution in [0.1, 0.15) is 15.9 Å². The number of piperazine rings is 1. The highest BCUT2D eigenvalue weighted by atomic mass is 35.5. The standard InChI is InChI=1S/C19H22N2O2.ClH/c1-15-3-5-16(6-4-15)19(22)21-13-11-20(12-14-21)17-7-9-18(23-2)10-8-17;/h3-10H,11-14H2,1-2H3;1H. The Morgan fingerprint density at radius 1 is 1.00 bits per heavy atom. The minimum atomic E-state index is 0. The van der Waals surface area contributed by atoms with Gasteiger partial charge in [0.15, 0.2) is 0 Å². The van der Waals surface area contributed by atoms with Gasteiger partial charge in [-0.1, -0.05) is 17.7 Å². The van der Waals surface area contributed by atoms with Crippen LogP contribution < -0.4 is 22.0 Å². The molecule has 0 spiro atoms. The molecule has 0 aromatic heterocycles. The summed E-state index contributed by atoms with van der Waals surface area (Å²) in [6, 6.07) is 16.0. The van der Waals surface area contributed by atoms with Crippen LogP contribution in [-0.4, -0.2) is 44.1 Å². The maximum Gasteiger partial charge on any atom is 0.254 e. The summed E-state index contributed by atoms with van der Waals surface area (Å²) in [6.45, 7) is 5.47. The second-order valence-corrected chi connectivity index (χ2v) is 5.99. The average Bonchev–Trinajstić information content (AvgIpc) is 2.62. The molecule has 3 rings (SSSR count). The van der Waals surface area contributed by atoms with Crippen LogP contribution in [0, 0.1) is 6.92 Å². The first-order valence-corrected chi connectivity index (χ1v) is 8.02. The number of nitrogens with zero attached hydrogens (tertiary/aromatic N) is 1. The van der Waals surface area contributed by atoms with Crippen molar-refractivity contribution in [1.82, 2.24) is 4.90 Å². The Morgan fingerprint density at radius 3 is 2.12 bits per heavy atom. The van der Waals surface area contributed by atoms with Gasteiger partial charge in [0.05, 0.1) is 33.3 Å². The first kappa shape index (κ1) is 18.3. The number of quaternary nitrogens is 1. The fourth-order valence-electron chi connectivity index (χ4n) is 2.97. The number of methoxy groups -OCH3 is 1. The summed E-state index contributed by atoms with van der Waals surface area (Å²) in [5.74, 6) is 1.01. The third-order valence-electron chi connectivity index (χ3n) is 4.45. The van der Waals surface area contributed by atoms with Crippen LogP contribution in [-0.2, 0) is 0 Å². The maximum absolute atomic E-state index is 12.5. The molecule has 1 saturated heterocycles. The Labute approximate surface area is 149 Å². The largest absolute Gasteiger partial charge is 1.00 e. The minimum absolute atomic E-state index is 0. The number of hydrogen-bond donors (Lipinski definition) is 1. The number of nitrogens with one attached hydrogen (secondary N) is 1. The lowest BCUT2D eigenvalue weighted by atomic mass is 10.1. The number of carbonyl (C=O) groups excluding carboxylic acids is 1. The Balaban J connectivity index is 0.00000208. The topological polar surface area (TPSA) is 34.0 Å². The summed E-state index contributed by atoms with van der Waals surface area (Å²) in [6.07, 6.45) is 0. The normalized spacial score (nSPS) is 14.8. The number of amides is 1. The van der Waals surface area contributed by atoms with Crippen LogP contribution in [0.2, 0.25) is 0 Å². The number of rotatable bonds is 3. The first-order chi connectivity index (χ1) is 11.2. The number of halogens is 1. The van der Waals surface area contributed by atoms with E-state index in [0.717, 1.165) is 37.5 Å². The summed E-state index contributed by atoms with van der Waals surface area (Å²) in [4.78, 5) is 15.9. The van der Waals surface area contributed by atoms with Crippen molar-refractivity contribution in [1.29, 1.82) is 0 Å². The number of ether oxygens (including phenoxy) is 1. The van der Waals surface area contributed by atoms with E-state index in [9.17, 15) is 4.79 Å². The van der Waals surface area contributed by atoms with Gasteiger partial charge in [0, 0.05) is 17.7 Å². The molecule has 0 bridgehead atoms. The molecule has 0 radical (unpaired) electrons. The van der Waals surface area contributed by atoms with Crippen LogP contribution in [0.4, 0.5) is 5.69 Å². The molecule has 0 unspecified atom stereocenters. The third-order valence-corrected chi connectivity index (χ3v) is 4.45. The van der Waals surface area contributed by atoms with Gasteiger partial charge in [0.1, 0.15) is 11.4 Å². The van der Waals surface area contributed by atoms with E-state index in [1.165, 1.54) is 16.2 Å². The van der Waals surface area contributed by atoms with Crippen molar-refractivity contribution in [2.45, 2.75) is 6.92 Å². The van der Waals surface area contributed by atoms with Gasteiger partial charge in [0.25, 0.3) is 5.91 Å². The fourth-order valence-corrected chi connectivity index (χ4v) is 2.97. The number of benzene rings is 2. The highest BCUT2D eigenvalue weighted by Gasteiger charge is 2.25. The molecule has 1 aliphatic heterocycles. The molecule has 2 aromatic rings. The van der Waals surface area contributed by atoms with Gasteiger partial charge in [-0.25, -0.2) is 0 Å². The zero-order valence-corrected chi connectivity index (χ0v) is 14.8. The summed E-state index contributed by atoms with van der Waals surface area (Å²) in [5, 5.41) is 0. The Bertz CT molecular complexity index is 663. The van der Waals surface area contributed by atoms with E-state index in [-0.39, 0.29) is 18.3 Å². The third kappa shape index (κ3) is 4.08. The van der Waals surface area contributed by atoms with Crippen LogP contribution >= 0.6 is 0 Å². The zero-order valence-electron chi connectivity index (χ0n) is 14.1. The van der Waals surface area contributed by atoms with Gasteiger partial charge >= 0.3 is 0 Å². The zero-order chi connectivity index (χ0) is 16.2. The molecular weight excluding hydrogens is 324 g/mol. The van der Waals surface area contributed by atoms with Crippen LogP contribution in [0.3, 0.4) is 0 Å². The molecule has 0 saturated carbocycles. The molecule has 0 atom stereocenters. The van der Waals surface area contributed by atoms with Crippen LogP contribution in [0.15, 0.2) is 48.5 Å². The molecule has 5 heteroatoms. The smallest absolute Gasteiger partial charge is 0.254 e. The van der Waals surface area contributed by atoms with E-state index in [1.54, 1.807) is 7.11 Å². The van der Waals surface area contributed by atoms with Crippen molar-refractivity contribution in [3.05, 3.63) is 59.7 Å². The van der Waals surface area contributed by atoms with Crippen molar-refractivity contribution in [3.63, 3.8) is 0 Å². The van der Waals surface area contributed by atoms with E-state index < -0.39 is 0 Å². The van der Waals surface area contributed by atoms with Crippen LogP contribution in [0.25, 0.3) is 0 Å². The highest BCUT2D eigenvalue weighted by molar-refractivity contribution is 5.94. The quantitative estimate of drug-likeness (QED) is 0.748. The lowest BCUT2D eigenvalue weighted by molar-refractivity contribution is -0.837. The molecule has 1 N–H and O–H groups in total. The molecule has 128 valence electrons. The van der Waals surface area contributed by atoms with Gasteiger partial charge in [-0.3, -0.25) is 9.69 Å². The van der Waals surface area contributed by atoms with E-state index in [1.807, 2.05) is 48.2 Å². The van der Waals surface area contributed by atoms with Crippen molar-refractivity contribution >= 4 is 11.6 Å². The molecule has 1 fully saturated rings. The summed E-state index contributed by atoms with van der Waals surface area (Å²) < 4.78 is 5.20. The molecule has 1 heterocycles. The maximum atomic E-state index is 12.5. The molecule has 1 amide bonds. The minimum Gasteiger partial charge on any atom is -1.00 e. The van der Waals surface area contributed by atoms with Crippen molar-refractivity contribution < 1.29 is 26.8 Å². The first-order valence-electron chi connectivity index (χ1n) is 8.02. The SMILES string of the molecule is COc1ccc([NH+]2CCN(C(=O)c3ccc(C)cc3)CC2)cc1.[Cl-]. The number of carbonyl (C=O) groups is 1. The second kappa shape index (κ2) is 8.18. The van der Waals surface area contributed by atoms with E-state index >= 15 is 0 Å². The Morgan fingerprint density at radius 2 is 1.58 bits per heavy atom. The van der Waals surface area contributed by atoms with Crippen LogP contribution in [0.5, 0.6) is 5.75 Å². The van der Waals surface area contributed by atoms with E-state index in [0.29, 0.717) is 0 Å². The Kier molecular flexibility index (Phi) is 6.23. The molecule has 2 aromatic carbocycles. The summed E-state index contributed by atoms with van der Waals surface area (Å²) in [7, 11) is 1.68. The van der Waals surface area contributed by atoms with Crippen molar-refractivity contribution in [3.8, 4) is 5.75 Å². The fraction of sp³-hybridized carbons (Fsp3) is 0.316. The van der Waals surface area contributed by atoms with E-state index in [2.05, 4.69) is 12.1 Å². The van der Waals surface area contributed by atoms with Gasteiger partial charge in [0.2, 0.25) is 0 Å². The highest BCUT2D eigenvalue weighted by Crippen LogP contribution is 2.13. The monoisotopic (exact) mass is 346 g/mol. The predicted molar refractivity (Wildman–Crippen MR) is 90.4 cm³/mol. The lowest BCUT2D eigenvalue weighted by Gasteiger charge is -2.32. The van der Waals surface area contributed by atoms with Gasteiger partial charge in [-0.05, 0) is 31.2 Å². The second-order valence-electron chi connectivity index (χ2n) is 5.99. The summed E-state index contributed by atoms with van der Waals surface area (Å²) in [5.41, 5.74) is 3.21. The number of aryl methyl sites for hydroxylation is 1. The molecular formula is C19H23ClN2O2. The number of hydrogen-bond acceptors (Lipinski definition) is 2.